The van der Waals surface area contributed by atoms with Crippen LogP contribution in [0.2, 0.25) is 0 Å². The molecule has 5 rings (SSSR count). The maximum atomic E-state index is 14.1. The van der Waals surface area contributed by atoms with Gasteiger partial charge < -0.3 is 5.32 Å². The number of carbonyl (C=O) groups is 1. The third-order valence-corrected chi connectivity index (χ3v) is 7.19. The van der Waals surface area contributed by atoms with Gasteiger partial charge in [0.15, 0.2) is 0 Å². The highest BCUT2D eigenvalue weighted by Crippen LogP contribution is 2.54. The number of amides is 1. The molecule has 1 saturated carbocycles. The fraction of sp³-hybridized carbons (Fsp3) is 0.200. The van der Waals surface area contributed by atoms with Crippen LogP contribution in [0.4, 0.5) is 20.2 Å². The third kappa shape index (κ3) is 2.71. The number of rotatable bonds is 4. The van der Waals surface area contributed by atoms with Crippen molar-refractivity contribution in [2.24, 2.45) is 0 Å². The summed E-state index contributed by atoms with van der Waals surface area (Å²) in [5, 5.41) is 9.55. The van der Waals surface area contributed by atoms with Crippen LogP contribution < -0.4 is 10.0 Å². The summed E-state index contributed by atoms with van der Waals surface area (Å²) in [6.45, 7) is 0. The van der Waals surface area contributed by atoms with Crippen molar-refractivity contribution >= 4 is 27.3 Å². The van der Waals surface area contributed by atoms with Crippen LogP contribution in [-0.2, 0) is 20.2 Å². The molecule has 154 valence electrons. The van der Waals surface area contributed by atoms with Gasteiger partial charge in [-0.1, -0.05) is 6.42 Å². The standard InChI is InChI=1S/C20H16F2N4O3S/c21-12-2-3-17(16(22)6-12)30(28,29)26-13-7-14(11-9-23-24-10-11)18-15(8-13)20(4-1-5-20)19(27)25-18/h2-3,6-10,26H,1,4-5H2,(H,23,24)(H,25,27). The van der Waals surface area contributed by atoms with Crippen molar-refractivity contribution in [1.29, 1.82) is 0 Å². The normalized spacial score (nSPS) is 16.8. The van der Waals surface area contributed by atoms with Crippen molar-refractivity contribution in [3.8, 4) is 11.1 Å². The van der Waals surface area contributed by atoms with Crippen molar-refractivity contribution in [1.82, 2.24) is 10.2 Å². The summed E-state index contributed by atoms with van der Waals surface area (Å²) in [5.41, 5.74) is 2.08. The van der Waals surface area contributed by atoms with E-state index in [9.17, 15) is 22.0 Å². The van der Waals surface area contributed by atoms with Crippen LogP contribution in [0.25, 0.3) is 11.1 Å². The lowest BCUT2D eigenvalue weighted by atomic mass is 9.65. The van der Waals surface area contributed by atoms with Crippen LogP contribution in [-0.4, -0.2) is 24.5 Å². The Kier molecular flexibility index (Phi) is 3.97. The maximum Gasteiger partial charge on any atom is 0.264 e. The van der Waals surface area contributed by atoms with Gasteiger partial charge in [0.25, 0.3) is 10.0 Å². The van der Waals surface area contributed by atoms with Crippen molar-refractivity contribution < 1.29 is 22.0 Å². The molecule has 7 nitrogen and oxygen atoms in total. The summed E-state index contributed by atoms with van der Waals surface area (Å²) in [4.78, 5) is 12.0. The zero-order valence-corrected chi connectivity index (χ0v) is 16.3. The third-order valence-electron chi connectivity index (χ3n) is 5.78. The summed E-state index contributed by atoms with van der Waals surface area (Å²) < 4.78 is 55.2. The SMILES string of the molecule is O=C1Nc2c(-c3cn[nH]c3)cc(NS(=O)(=O)c3ccc(F)cc3F)cc2C12CCC2. The first-order valence-corrected chi connectivity index (χ1v) is 10.8. The first kappa shape index (κ1) is 18.7. The van der Waals surface area contributed by atoms with Crippen molar-refractivity contribution in [3.05, 3.63) is 59.9 Å². The minimum atomic E-state index is -4.32. The fourth-order valence-corrected chi connectivity index (χ4v) is 5.23. The van der Waals surface area contributed by atoms with Gasteiger partial charge in [-0.05, 0) is 42.7 Å². The molecule has 1 fully saturated rings. The number of hydrogen-bond donors (Lipinski definition) is 3. The van der Waals surface area contributed by atoms with Crippen LogP contribution in [0.5, 0.6) is 0 Å². The molecule has 3 aromatic rings. The highest BCUT2D eigenvalue weighted by molar-refractivity contribution is 7.92. The molecule has 1 aliphatic carbocycles. The van der Waals surface area contributed by atoms with Crippen LogP contribution in [0.15, 0.2) is 47.6 Å². The fourth-order valence-electron chi connectivity index (χ4n) is 4.12. The minimum Gasteiger partial charge on any atom is -0.324 e. The lowest BCUT2D eigenvalue weighted by molar-refractivity contribution is -0.123. The number of anilines is 2. The molecule has 2 aromatic carbocycles. The number of halogens is 2. The number of benzene rings is 2. The van der Waals surface area contributed by atoms with Crippen molar-refractivity contribution in [3.63, 3.8) is 0 Å². The van der Waals surface area contributed by atoms with Crippen LogP contribution in [0.3, 0.4) is 0 Å². The summed E-state index contributed by atoms with van der Waals surface area (Å²) in [6, 6.07) is 5.43. The van der Waals surface area contributed by atoms with Gasteiger partial charge in [-0.2, -0.15) is 5.10 Å². The molecular weight excluding hydrogens is 414 g/mol. The molecule has 0 unspecified atom stereocenters. The smallest absolute Gasteiger partial charge is 0.264 e. The highest BCUT2D eigenvalue weighted by atomic mass is 32.2. The van der Waals surface area contributed by atoms with Crippen LogP contribution >= 0.6 is 0 Å². The molecule has 2 heterocycles. The molecule has 1 spiro atoms. The number of nitrogens with one attached hydrogen (secondary N) is 3. The average Bonchev–Trinajstić information content (AvgIpc) is 3.25. The molecule has 0 saturated heterocycles. The molecule has 2 aliphatic rings. The highest BCUT2D eigenvalue weighted by Gasteiger charge is 2.52. The van der Waals surface area contributed by atoms with Crippen molar-refractivity contribution in [2.75, 3.05) is 10.0 Å². The van der Waals surface area contributed by atoms with Gasteiger partial charge in [-0.3, -0.25) is 14.6 Å². The molecule has 3 N–H and O–H groups in total. The van der Waals surface area contributed by atoms with E-state index in [0.29, 0.717) is 41.3 Å². The van der Waals surface area contributed by atoms with Gasteiger partial charge in [-0.25, -0.2) is 17.2 Å². The molecule has 10 heteroatoms. The second-order valence-electron chi connectivity index (χ2n) is 7.50. The quantitative estimate of drug-likeness (QED) is 0.589. The Hall–Kier alpha value is -3.27. The van der Waals surface area contributed by atoms with Gasteiger partial charge >= 0.3 is 0 Å². The Morgan fingerprint density at radius 1 is 1.13 bits per heavy atom. The van der Waals surface area contributed by atoms with Crippen molar-refractivity contribution in [2.45, 2.75) is 29.6 Å². The number of carbonyl (C=O) groups excluding carboxylic acids is 1. The van der Waals surface area contributed by atoms with Crippen LogP contribution in [0, 0.1) is 11.6 Å². The summed E-state index contributed by atoms with van der Waals surface area (Å²) >= 11 is 0. The molecular formula is C20H16F2N4O3S. The lowest BCUT2D eigenvalue weighted by Crippen LogP contribution is -2.40. The zero-order chi connectivity index (χ0) is 21.1. The summed E-state index contributed by atoms with van der Waals surface area (Å²) in [5.74, 6) is -2.17. The number of aromatic nitrogens is 2. The number of nitrogens with zero attached hydrogens (tertiary/aromatic N) is 1. The summed E-state index contributed by atoms with van der Waals surface area (Å²) in [7, 11) is -4.32. The molecule has 0 atom stereocenters. The van der Waals surface area contributed by atoms with E-state index in [2.05, 4.69) is 20.2 Å². The predicted octanol–water partition coefficient (Wildman–Crippen LogP) is 3.53. The van der Waals surface area contributed by atoms with E-state index in [1.54, 1.807) is 24.5 Å². The molecule has 30 heavy (non-hydrogen) atoms. The Labute approximate surface area is 170 Å². The largest absolute Gasteiger partial charge is 0.324 e. The molecule has 0 bridgehead atoms. The summed E-state index contributed by atoms with van der Waals surface area (Å²) in [6.07, 6.45) is 5.42. The van der Waals surface area contributed by atoms with E-state index in [0.717, 1.165) is 18.6 Å². The Morgan fingerprint density at radius 2 is 1.93 bits per heavy atom. The van der Waals surface area contributed by atoms with Gasteiger partial charge in [0.1, 0.15) is 16.5 Å². The number of aromatic amines is 1. The van der Waals surface area contributed by atoms with Gasteiger partial charge in [-0.15, -0.1) is 0 Å². The topological polar surface area (TPSA) is 104 Å². The van der Waals surface area contributed by atoms with E-state index in [4.69, 9.17) is 0 Å². The number of hydrogen-bond acceptors (Lipinski definition) is 4. The molecule has 1 amide bonds. The lowest BCUT2D eigenvalue weighted by Gasteiger charge is -2.36. The predicted molar refractivity (Wildman–Crippen MR) is 105 cm³/mol. The van der Waals surface area contributed by atoms with Gasteiger partial charge in [0, 0.05) is 29.1 Å². The number of H-pyrrole nitrogens is 1. The molecule has 1 aromatic heterocycles. The first-order valence-electron chi connectivity index (χ1n) is 9.27. The first-order chi connectivity index (χ1) is 14.3. The minimum absolute atomic E-state index is 0.113. The van der Waals surface area contributed by atoms with E-state index in [1.165, 1.54) is 0 Å². The molecule has 0 radical (unpaired) electrons. The maximum absolute atomic E-state index is 14.1. The number of fused-ring (bicyclic) bond motifs is 2. The van der Waals surface area contributed by atoms with E-state index >= 15 is 0 Å². The zero-order valence-electron chi connectivity index (χ0n) is 15.5. The molecule has 1 aliphatic heterocycles. The Balaban J connectivity index is 1.63. The average molecular weight is 430 g/mol. The monoisotopic (exact) mass is 430 g/mol. The van der Waals surface area contributed by atoms with E-state index in [1.807, 2.05) is 0 Å². The van der Waals surface area contributed by atoms with E-state index < -0.39 is 32.0 Å². The second kappa shape index (κ2) is 6.36. The second-order valence-corrected chi connectivity index (χ2v) is 9.15. The Bertz CT molecular complexity index is 1290. The van der Waals surface area contributed by atoms with Gasteiger partial charge in [0.05, 0.1) is 17.3 Å². The van der Waals surface area contributed by atoms with Crippen LogP contribution in [0.1, 0.15) is 24.8 Å². The Morgan fingerprint density at radius 3 is 2.57 bits per heavy atom. The van der Waals surface area contributed by atoms with Gasteiger partial charge in [0.2, 0.25) is 5.91 Å². The number of sulfonamides is 1. The van der Waals surface area contributed by atoms with E-state index in [-0.39, 0.29) is 11.6 Å².